The lowest BCUT2D eigenvalue weighted by Gasteiger charge is -2.04. The van der Waals surface area contributed by atoms with Crippen LogP contribution in [0.2, 0.25) is 0 Å². The quantitative estimate of drug-likeness (QED) is 0.870. The van der Waals surface area contributed by atoms with Gasteiger partial charge in [-0.1, -0.05) is 0 Å². The summed E-state index contributed by atoms with van der Waals surface area (Å²) in [4.78, 5) is 0. The zero-order valence-corrected chi connectivity index (χ0v) is 9.27. The van der Waals surface area contributed by atoms with Crippen LogP contribution in [-0.4, -0.2) is 17.0 Å². The van der Waals surface area contributed by atoms with Gasteiger partial charge in [0.2, 0.25) is 18.6 Å². The van der Waals surface area contributed by atoms with Crippen molar-refractivity contribution in [3.05, 3.63) is 30.0 Å². The van der Waals surface area contributed by atoms with Gasteiger partial charge >= 0.3 is 0 Å². The second kappa shape index (κ2) is 3.97. The van der Waals surface area contributed by atoms with Crippen molar-refractivity contribution in [2.75, 3.05) is 12.1 Å². The summed E-state index contributed by atoms with van der Waals surface area (Å²) < 4.78 is 15.8. The van der Waals surface area contributed by atoms with Crippen molar-refractivity contribution in [3.63, 3.8) is 0 Å². The van der Waals surface area contributed by atoms with Crippen molar-refractivity contribution >= 4 is 5.69 Å². The highest BCUT2D eigenvalue weighted by Gasteiger charge is 2.13. The van der Waals surface area contributed by atoms with Crippen molar-refractivity contribution in [2.24, 2.45) is 0 Å². The van der Waals surface area contributed by atoms with Crippen LogP contribution in [-0.2, 0) is 6.54 Å². The molecule has 1 aliphatic heterocycles. The average molecular weight is 233 g/mol. The van der Waals surface area contributed by atoms with Gasteiger partial charge in [0.25, 0.3) is 0 Å². The second-order valence-corrected chi connectivity index (χ2v) is 3.64. The monoisotopic (exact) mass is 233 g/mol. The van der Waals surface area contributed by atoms with Gasteiger partial charge in [0, 0.05) is 18.7 Å². The van der Waals surface area contributed by atoms with Crippen LogP contribution in [0.4, 0.5) is 5.69 Å². The van der Waals surface area contributed by atoms with Crippen molar-refractivity contribution in [3.8, 4) is 11.5 Å². The van der Waals surface area contributed by atoms with Crippen LogP contribution in [0.1, 0.15) is 11.8 Å². The number of benzene rings is 1. The number of rotatable bonds is 3. The van der Waals surface area contributed by atoms with E-state index in [9.17, 15) is 0 Å². The number of ether oxygens (including phenoxy) is 2. The van der Waals surface area contributed by atoms with Gasteiger partial charge < -0.3 is 19.2 Å². The SMILES string of the molecule is Cc1nnc(CNc2ccc3c(c2)OCO3)o1. The fourth-order valence-electron chi connectivity index (χ4n) is 1.59. The van der Waals surface area contributed by atoms with E-state index in [2.05, 4.69) is 15.5 Å². The molecule has 0 aliphatic carbocycles. The molecule has 88 valence electrons. The van der Waals surface area contributed by atoms with Gasteiger partial charge in [0.15, 0.2) is 11.5 Å². The molecule has 2 heterocycles. The molecule has 0 unspecified atom stereocenters. The third-order valence-corrected chi connectivity index (χ3v) is 2.38. The number of hydrogen-bond acceptors (Lipinski definition) is 6. The molecule has 0 amide bonds. The minimum absolute atomic E-state index is 0.279. The lowest BCUT2D eigenvalue weighted by atomic mass is 10.3. The van der Waals surface area contributed by atoms with E-state index in [-0.39, 0.29) is 6.79 Å². The molecule has 1 aromatic carbocycles. The summed E-state index contributed by atoms with van der Waals surface area (Å²) in [6.45, 7) is 2.53. The molecule has 0 spiro atoms. The molecule has 2 aromatic rings. The maximum Gasteiger partial charge on any atom is 0.235 e. The lowest BCUT2D eigenvalue weighted by Crippen LogP contribution is -1.99. The summed E-state index contributed by atoms with van der Waals surface area (Å²) in [6.07, 6.45) is 0. The number of nitrogens with one attached hydrogen (secondary N) is 1. The number of nitrogens with zero attached hydrogens (tertiary/aromatic N) is 2. The maximum absolute atomic E-state index is 5.28. The van der Waals surface area contributed by atoms with Gasteiger partial charge in [-0.2, -0.15) is 0 Å². The van der Waals surface area contributed by atoms with E-state index in [1.807, 2.05) is 18.2 Å². The molecule has 0 fully saturated rings. The van der Waals surface area contributed by atoms with Crippen LogP contribution in [0, 0.1) is 6.92 Å². The largest absolute Gasteiger partial charge is 0.454 e. The first-order chi connectivity index (χ1) is 8.31. The maximum atomic E-state index is 5.28. The molecule has 1 N–H and O–H groups in total. The number of aryl methyl sites for hydroxylation is 1. The van der Waals surface area contributed by atoms with Crippen molar-refractivity contribution in [2.45, 2.75) is 13.5 Å². The van der Waals surface area contributed by atoms with Gasteiger partial charge in [-0.3, -0.25) is 0 Å². The van der Waals surface area contributed by atoms with E-state index in [1.54, 1.807) is 6.92 Å². The van der Waals surface area contributed by atoms with Gasteiger partial charge in [0.05, 0.1) is 6.54 Å². The zero-order chi connectivity index (χ0) is 11.7. The summed E-state index contributed by atoms with van der Waals surface area (Å²) in [7, 11) is 0. The average Bonchev–Trinajstić information content (AvgIpc) is 2.94. The van der Waals surface area contributed by atoms with Crippen LogP contribution >= 0.6 is 0 Å². The molecule has 1 aliphatic rings. The molecular formula is C11H11N3O3. The third-order valence-electron chi connectivity index (χ3n) is 2.38. The predicted octanol–water partition coefficient (Wildman–Crippen LogP) is 1.72. The summed E-state index contributed by atoms with van der Waals surface area (Å²) >= 11 is 0. The highest BCUT2D eigenvalue weighted by Crippen LogP contribution is 2.34. The molecule has 3 rings (SSSR count). The van der Waals surface area contributed by atoms with Crippen LogP contribution in [0.15, 0.2) is 22.6 Å². The molecule has 6 nitrogen and oxygen atoms in total. The molecular weight excluding hydrogens is 222 g/mol. The molecule has 6 heteroatoms. The Balaban J connectivity index is 1.69. The fraction of sp³-hybridized carbons (Fsp3) is 0.273. The van der Waals surface area contributed by atoms with E-state index in [4.69, 9.17) is 13.9 Å². The van der Waals surface area contributed by atoms with Crippen LogP contribution in [0.5, 0.6) is 11.5 Å². The van der Waals surface area contributed by atoms with Crippen LogP contribution in [0.3, 0.4) is 0 Å². The van der Waals surface area contributed by atoms with Crippen molar-refractivity contribution < 1.29 is 13.9 Å². The molecule has 17 heavy (non-hydrogen) atoms. The van der Waals surface area contributed by atoms with Gasteiger partial charge in [-0.25, -0.2) is 0 Å². The number of anilines is 1. The Morgan fingerprint density at radius 1 is 1.24 bits per heavy atom. The Bertz CT molecular complexity index is 539. The Morgan fingerprint density at radius 3 is 2.94 bits per heavy atom. The summed E-state index contributed by atoms with van der Waals surface area (Å²) in [5, 5.41) is 10.8. The Hall–Kier alpha value is -2.24. The highest BCUT2D eigenvalue weighted by atomic mass is 16.7. The zero-order valence-electron chi connectivity index (χ0n) is 9.27. The predicted molar refractivity (Wildman–Crippen MR) is 58.9 cm³/mol. The molecule has 0 atom stereocenters. The van der Waals surface area contributed by atoms with E-state index in [0.717, 1.165) is 17.2 Å². The van der Waals surface area contributed by atoms with Crippen LogP contribution < -0.4 is 14.8 Å². The Labute approximate surface area is 97.6 Å². The first-order valence-electron chi connectivity index (χ1n) is 5.24. The lowest BCUT2D eigenvalue weighted by molar-refractivity contribution is 0.174. The van der Waals surface area contributed by atoms with Crippen LogP contribution in [0.25, 0.3) is 0 Å². The first-order valence-corrected chi connectivity index (χ1v) is 5.24. The van der Waals surface area contributed by atoms with E-state index in [1.165, 1.54) is 0 Å². The molecule has 0 radical (unpaired) electrons. The van der Waals surface area contributed by atoms with Gasteiger partial charge in [-0.05, 0) is 12.1 Å². The first kappa shape index (κ1) is 9.95. The van der Waals surface area contributed by atoms with E-state index in [0.29, 0.717) is 18.3 Å². The summed E-state index contributed by atoms with van der Waals surface area (Å²) in [5.41, 5.74) is 0.921. The highest BCUT2D eigenvalue weighted by molar-refractivity contribution is 5.55. The Morgan fingerprint density at radius 2 is 2.12 bits per heavy atom. The number of fused-ring (bicyclic) bond motifs is 1. The minimum atomic E-state index is 0.279. The molecule has 0 saturated heterocycles. The number of aromatic nitrogens is 2. The second-order valence-electron chi connectivity index (χ2n) is 3.64. The van der Waals surface area contributed by atoms with Crippen molar-refractivity contribution in [1.82, 2.24) is 10.2 Å². The smallest absolute Gasteiger partial charge is 0.235 e. The molecule has 0 bridgehead atoms. The summed E-state index contributed by atoms with van der Waals surface area (Å²) in [6, 6.07) is 5.66. The fourth-order valence-corrected chi connectivity index (χ4v) is 1.59. The normalized spacial score (nSPS) is 12.8. The topological polar surface area (TPSA) is 69.4 Å². The third kappa shape index (κ3) is 2.01. The summed E-state index contributed by atoms with van der Waals surface area (Å²) in [5.74, 6) is 2.63. The number of hydrogen-bond donors (Lipinski definition) is 1. The molecule has 1 aromatic heterocycles. The van der Waals surface area contributed by atoms with E-state index >= 15 is 0 Å². The van der Waals surface area contributed by atoms with E-state index < -0.39 is 0 Å². The Kier molecular flexibility index (Phi) is 2.32. The van der Waals surface area contributed by atoms with Gasteiger partial charge in [0.1, 0.15) is 0 Å². The standard InChI is InChI=1S/C11H11N3O3/c1-7-13-14-11(17-7)5-12-8-2-3-9-10(4-8)16-6-15-9/h2-4,12H,5-6H2,1H3. The minimum Gasteiger partial charge on any atom is -0.454 e. The van der Waals surface area contributed by atoms with Crippen molar-refractivity contribution in [1.29, 1.82) is 0 Å². The molecule has 0 saturated carbocycles. The van der Waals surface area contributed by atoms with Gasteiger partial charge in [-0.15, -0.1) is 10.2 Å².